The number of aromatic amines is 1. The molecule has 0 aliphatic carbocycles. The lowest BCUT2D eigenvalue weighted by molar-refractivity contribution is -0.142. The van der Waals surface area contributed by atoms with Gasteiger partial charge >= 0.3 is 17.9 Å². The number of para-hydroxylation sites is 1. The molecule has 0 saturated carbocycles. The Labute approximate surface area is 604 Å². The number of hydrogen-bond donors (Lipinski definition) is 22. The molecule has 38 nitrogen and oxygen atoms in total. The summed E-state index contributed by atoms with van der Waals surface area (Å²) in [5.74, 6) is -19.9. The summed E-state index contributed by atoms with van der Waals surface area (Å²) >= 11 is 0. The van der Waals surface area contributed by atoms with Crippen molar-refractivity contribution in [2.24, 2.45) is 29.0 Å². The van der Waals surface area contributed by atoms with Crippen LogP contribution in [0, 0.1) is 11.8 Å². The number of carboxylic acids is 3. The number of aliphatic carboxylic acids is 3. The van der Waals surface area contributed by atoms with Gasteiger partial charge in [0.2, 0.25) is 76.8 Å². The number of aliphatic hydroxyl groups excluding tert-OH is 3. The maximum Gasteiger partial charge on any atom is 0.326 e. The minimum Gasteiger partial charge on any atom is -0.481 e. The van der Waals surface area contributed by atoms with Crippen LogP contribution in [-0.2, 0) is 89.6 Å². The Hall–Kier alpha value is -10.7. The average molecular weight is 1480 g/mol. The van der Waals surface area contributed by atoms with Crippen molar-refractivity contribution in [1.29, 1.82) is 0 Å². The Bertz CT molecular complexity index is 3490. The number of fused-ring (bicyclic) bond motifs is 1. The monoisotopic (exact) mass is 1480 g/mol. The number of carbonyl (C=O) groups is 16. The molecule has 38 heteroatoms. The highest BCUT2D eigenvalue weighted by Gasteiger charge is 2.38. The molecule has 1 heterocycles. The molecule has 0 radical (unpaired) electrons. The predicted molar refractivity (Wildman–Crippen MR) is 373 cm³/mol. The van der Waals surface area contributed by atoms with Crippen molar-refractivity contribution in [2.75, 3.05) is 32.8 Å². The second-order valence-corrected chi connectivity index (χ2v) is 25.3. The lowest BCUT2D eigenvalue weighted by Gasteiger charge is -2.29. The number of rotatable bonds is 49. The van der Waals surface area contributed by atoms with Crippen LogP contribution >= 0.6 is 0 Å². The van der Waals surface area contributed by atoms with E-state index in [1.165, 1.54) is 0 Å². The third-order valence-electron chi connectivity index (χ3n) is 16.8. The maximum atomic E-state index is 14.5. The van der Waals surface area contributed by atoms with Crippen LogP contribution < -0.4 is 81.0 Å². The second kappa shape index (κ2) is 45.4. The van der Waals surface area contributed by atoms with E-state index in [9.17, 15) is 107 Å². The Balaban J connectivity index is 1.75. The summed E-state index contributed by atoms with van der Waals surface area (Å²) in [6.07, 6.45) is -3.05. The van der Waals surface area contributed by atoms with Crippen LogP contribution in [0.1, 0.15) is 116 Å². The van der Waals surface area contributed by atoms with Gasteiger partial charge < -0.3 is 117 Å². The standard InChI is InChI=1S/C67H100N16O22/c1-6-34(3)14-13-17-39(86)26-51(88)76-49(33-84)64(101)83-57(36(5)85)66(103)78-42(20-22-68)60(97)79-46(28-54(91)92)58(95)73-32-53(90)75-45(27-50(70)87)62(99)80-47(29-55(93)94)59(96)72-31-52(89)74-44(25-38-30-71-41-19-12-11-18-40(38)41)63(100)82-56(35(4)7-2)65(102)77-43(21-23-69)61(98)81-48(67(104)105)24-37-15-9-8-10-16-37/h8-12,15-16,18-19,30,34-36,39,42-49,56-57,71,84-86H,6-7,13-14,17,20-29,31-33,68-69H2,1-5H3,(H2,70,87)(H,72,96)(H,73,95)(H,74,89)(H,75,90)(H,76,88)(H,77,102)(H,78,103)(H,79,97)(H,80,99)(H,81,98)(H,82,100)(H,83,101)(H,91,92)(H,93,94)(H,104,105)/t34?,35-,36+,39?,42+,43-,44-,45+,46-,47+,48-,49+,56-,57-/m0/s1. The van der Waals surface area contributed by atoms with Crippen molar-refractivity contribution in [3.63, 3.8) is 0 Å². The fourth-order valence-electron chi connectivity index (χ4n) is 10.5. The Kier molecular flexibility index (Phi) is 38.3. The molecule has 2 aromatic carbocycles. The first-order valence-corrected chi connectivity index (χ1v) is 34.1. The lowest BCUT2D eigenvalue weighted by atomic mass is 9.96. The van der Waals surface area contributed by atoms with Crippen molar-refractivity contribution in [2.45, 2.75) is 191 Å². The number of primary amides is 1. The van der Waals surface area contributed by atoms with Gasteiger partial charge in [-0.2, -0.15) is 0 Å². The van der Waals surface area contributed by atoms with Crippen LogP contribution in [0.15, 0.2) is 60.8 Å². The first-order valence-electron chi connectivity index (χ1n) is 34.1. The third kappa shape index (κ3) is 31.4. The third-order valence-corrected chi connectivity index (χ3v) is 16.8. The number of H-pyrrole nitrogens is 1. The van der Waals surface area contributed by atoms with Gasteiger partial charge in [-0.3, -0.25) is 71.9 Å². The van der Waals surface area contributed by atoms with E-state index in [0.717, 1.165) is 19.8 Å². The molecule has 25 N–H and O–H groups in total. The van der Waals surface area contributed by atoms with Gasteiger partial charge in [0.05, 0.1) is 57.6 Å². The van der Waals surface area contributed by atoms with Gasteiger partial charge in [-0.15, -0.1) is 0 Å². The number of benzene rings is 2. The molecule has 0 aliphatic rings. The van der Waals surface area contributed by atoms with Crippen molar-refractivity contribution in [1.82, 2.24) is 68.8 Å². The highest BCUT2D eigenvalue weighted by atomic mass is 16.4. The molecule has 0 fully saturated rings. The highest BCUT2D eigenvalue weighted by molar-refractivity contribution is 6.01. The van der Waals surface area contributed by atoms with E-state index in [4.69, 9.17) is 17.2 Å². The number of nitrogens with two attached hydrogens (primary N) is 3. The number of hydrogen-bond acceptors (Lipinski definition) is 21. The molecule has 2 unspecified atom stereocenters. The number of carboxylic acid groups (broad SMARTS) is 3. The van der Waals surface area contributed by atoms with Crippen LogP contribution in [0.3, 0.4) is 0 Å². The van der Waals surface area contributed by atoms with E-state index < -0.39 is 225 Å². The number of amides is 13. The summed E-state index contributed by atoms with van der Waals surface area (Å²) in [6, 6.07) is -1.83. The van der Waals surface area contributed by atoms with Gasteiger partial charge in [0.15, 0.2) is 0 Å². The van der Waals surface area contributed by atoms with Crippen LogP contribution in [0.5, 0.6) is 0 Å². The SMILES string of the molecule is CCC(C)CCCC(O)CC(=O)N[C@H](CO)C(=O)N[C@H](C(=O)N[C@H](CCN)C(=O)N[C@@H](CC(=O)O)C(=O)NCC(=O)N[C@H](CC(N)=O)C(=O)N[C@H](CC(=O)O)C(=O)NCC(=O)N[C@@H](Cc1c[nH]c2ccccc12)C(=O)N[C@H](C(=O)N[C@@H](CCN)C(=O)N[C@@H](Cc1ccccc1)C(=O)O)[C@@H](C)CC)[C@@H](C)O. The van der Waals surface area contributed by atoms with Gasteiger partial charge in [0, 0.05) is 29.9 Å². The van der Waals surface area contributed by atoms with Gasteiger partial charge in [-0.05, 0) is 68.3 Å². The normalized spacial score (nSPS) is 15.1. The summed E-state index contributed by atoms with van der Waals surface area (Å²) in [7, 11) is 0. The molecule has 13 amide bonds. The molecule has 0 bridgehead atoms. The molecule has 580 valence electrons. The van der Waals surface area contributed by atoms with Crippen molar-refractivity contribution < 1.29 is 107 Å². The molecular formula is C67H100N16O22. The van der Waals surface area contributed by atoms with E-state index in [-0.39, 0.29) is 45.2 Å². The Morgan fingerprint density at radius 3 is 1.41 bits per heavy atom. The van der Waals surface area contributed by atoms with Gasteiger partial charge in [0.25, 0.3) is 0 Å². The van der Waals surface area contributed by atoms with Crippen molar-refractivity contribution in [3.05, 3.63) is 71.9 Å². The molecule has 3 aromatic rings. The van der Waals surface area contributed by atoms with Crippen LogP contribution in [0.25, 0.3) is 10.9 Å². The summed E-state index contributed by atoms with van der Waals surface area (Å²) < 4.78 is 0. The quantitative estimate of drug-likeness (QED) is 0.0250. The maximum absolute atomic E-state index is 14.5. The molecular weight excluding hydrogens is 1380 g/mol. The van der Waals surface area contributed by atoms with Crippen LogP contribution in [0.2, 0.25) is 0 Å². The number of aliphatic hydroxyl groups is 3. The van der Waals surface area contributed by atoms with Gasteiger partial charge in [-0.1, -0.05) is 102 Å². The zero-order chi connectivity index (χ0) is 78.6. The molecule has 0 saturated heterocycles. The average Bonchev–Trinajstić information content (AvgIpc) is 1.81. The van der Waals surface area contributed by atoms with E-state index in [1.54, 1.807) is 74.6 Å². The molecule has 1 aromatic heterocycles. The van der Waals surface area contributed by atoms with Crippen LogP contribution in [0.4, 0.5) is 0 Å². The number of carbonyl (C=O) groups excluding carboxylic acids is 13. The summed E-state index contributed by atoms with van der Waals surface area (Å²) in [4.78, 5) is 215. The predicted octanol–water partition coefficient (Wildman–Crippen LogP) is -5.97. The van der Waals surface area contributed by atoms with E-state index >= 15 is 0 Å². The molecule has 14 atom stereocenters. The van der Waals surface area contributed by atoms with Crippen molar-refractivity contribution >= 4 is 106 Å². The Morgan fingerprint density at radius 1 is 0.457 bits per heavy atom. The largest absolute Gasteiger partial charge is 0.481 e. The zero-order valence-corrected chi connectivity index (χ0v) is 59.0. The van der Waals surface area contributed by atoms with Gasteiger partial charge in [0.1, 0.15) is 60.4 Å². The molecule has 0 aliphatic heterocycles. The highest BCUT2D eigenvalue weighted by Crippen LogP contribution is 2.21. The van der Waals surface area contributed by atoms with E-state index in [0.29, 0.717) is 34.4 Å². The Morgan fingerprint density at radius 2 is 0.914 bits per heavy atom. The van der Waals surface area contributed by atoms with Gasteiger partial charge in [-0.25, -0.2) is 4.79 Å². The smallest absolute Gasteiger partial charge is 0.326 e. The van der Waals surface area contributed by atoms with Crippen LogP contribution in [-0.4, -0.2) is 236 Å². The lowest BCUT2D eigenvalue weighted by Crippen LogP contribution is -2.61. The molecule has 105 heavy (non-hydrogen) atoms. The minimum atomic E-state index is -2.08. The molecule has 3 rings (SSSR count). The second-order valence-electron chi connectivity index (χ2n) is 25.3. The topological polar surface area (TPSA) is 633 Å². The number of nitrogens with one attached hydrogen (secondary N) is 13. The molecule has 0 spiro atoms. The minimum absolute atomic E-state index is 0.0981. The van der Waals surface area contributed by atoms with Crippen molar-refractivity contribution in [3.8, 4) is 0 Å². The first-order chi connectivity index (χ1) is 49.6. The summed E-state index contributed by atoms with van der Waals surface area (Å²) in [6.45, 7) is 4.82. The number of aromatic nitrogens is 1. The fourth-order valence-corrected chi connectivity index (χ4v) is 10.5. The zero-order valence-electron chi connectivity index (χ0n) is 59.0. The fraction of sp³-hybridized carbons (Fsp3) is 0.552. The van der Waals surface area contributed by atoms with E-state index in [1.807, 2.05) is 24.5 Å². The van der Waals surface area contributed by atoms with E-state index in [2.05, 4.69) is 58.2 Å². The summed E-state index contributed by atoms with van der Waals surface area (Å²) in [5.41, 5.74) is 18.6. The first kappa shape index (κ1) is 88.5. The summed E-state index contributed by atoms with van der Waals surface area (Å²) in [5, 5.41) is 88.0.